The van der Waals surface area contributed by atoms with Crippen molar-refractivity contribution in [2.45, 2.75) is 0 Å². The van der Waals surface area contributed by atoms with Crippen LogP contribution < -0.4 is 14.8 Å². The average molecular weight is 283 g/mol. The van der Waals surface area contributed by atoms with E-state index < -0.39 is 0 Å². The summed E-state index contributed by atoms with van der Waals surface area (Å²) in [5.74, 6) is 0.851. The Morgan fingerprint density at radius 1 is 1.05 bits per heavy atom. The fourth-order valence-electron chi connectivity index (χ4n) is 2.20. The Morgan fingerprint density at radius 3 is 2.38 bits per heavy atom. The van der Waals surface area contributed by atoms with Crippen LogP contribution in [0.3, 0.4) is 0 Å². The molecule has 1 N–H and O–H groups in total. The van der Waals surface area contributed by atoms with E-state index in [0.29, 0.717) is 47.9 Å². The number of benzene rings is 2. The summed E-state index contributed by atoms with van der Waals surface area (Å²) in [7, 11) is 0. The van der Waals surface area contributed by atoms with Crippen LogP contribution in [-0.4, -0.2) is 25.4 Å². The lowest BCUT2D eigenvalue weighted by Crippen LogP contribution is -2.17. The van der Waals surface area contributed by atoms with Crippen LogP contribution in [0.5, 0.6) is 11.5 Å². The summed E-state index contributed by atoms with van der Waals surface area (Å²) in [6, 6.07) is 12.1. The Bertz CT molecular complexity index is 682. The van der Waals surface area contributed by atoms with Crippen molar-refractivity contribution in [3.05, 3.63) is 53.6 Å². The Hall–Kier alpha value is -2.82. The first-order valence-corrected chi connectivity index (χ1v) is 6.53. The van der Waals surface area contributed by atoms with Crippen molar-refractivity contribution in [3.63, 3.8) is 0 Å². The molecule has 1 aliphatic heterocycles. The number of nitrogens with one attached hydrogen (secondary N) is 1. The maximum atomic E-state index is 12.6. The molecule has 0 bridgehead atoms. The smallest absolute Gasteiger partial charge is 0.211 e. The molecule has 2 aromatic rings. The van der Waals surface area contributed by atoms with Crippen LogP contribution in [0.15, 0.2) is 42.5 Å². The van der Waals surface area contributed by atoms with Crippen LogP contribution in [0.1, 0.15) is 15.9 Å². The third kappa shape index (κ3) is 2.58. The van der Waals surface area contributed by atoms with E-state index in [1.54, 1.807) is 36.4 Å². The van der Waals surface area contributed by atoms with Gasteiger partial charge in [-0.05, 0) is 6.07 Å². The first-order chi connectivity index (χ1) is 10.3. The highest BCUT2D eigenvalue weighted by atomic mass is 16.6. The van der Waals surface area contributed by atoms with Gasteiger partial charge >= 0.3 is 0 Å². The number of amides is 1. The maximum Gasteiger partial charge on any atom is 0.211 e. The lowest BCUT2D eigenvalue weighted by molar-refractivity contribution is -0.105. The van der Waals surface area contributed by atoms with Gasteiger partial charge in [-0.1, -0.05) is 30.3 Å². The van der Waals surface area contributed by atoms with E-state index in [1.165, 1.54) is 0 Å². The lowest BCUT2D eigenvalue weighted by atomic mass is 10.0. The molecule has 2 aromatic carbocycles. The van der Waals surface area contributed by atoms with Gasteiger partial charge < -0.3 is 14.8 Å². The van der Waals surface area contributed by atoms with Gasteiger partial charge in [0, 0.05) is 11.6 Å². The Kier molecular flexibility index (Phi) is 3.55. The van der Waals surface area contributed by atoms with E-state index in [2.05, 4.69) is 5.32 Å². The van der Waals surface area contributed by atoms with Crippen molar-refractivity contribution in [3.8, 4) is 11.5 Å². The second-order valence-electron chi connectivity index (χ2n) is 4.50. The van der Waals surface area contributed by atoms with E-state index in [0.717, 1.165) is 0 Å². The van der Waals surface area contributed by atoms with Crippen molar-refractivity contribution < 1.29 is 19.1 Å². The molecule has 0 aliphatic carbocycles. The highest BCUT2D eigenvalue weighted by Gasteiger charge is 2.20. The summed E-state index contributed by atoms with van der Waals surface area (Å²) in [4.78, 5) is 23.3. The molecule has 106 valence electrons. The third-order valence-electron chi connectivity index (χ3n) is 3.18. The Labute approximate surface area is 121 Å². The topological polar surface area (TPSA) is 64.6 Å². The first kappa shape index (κ1) is 13.2. The van der Waals surface area contributed by atoms with Crippen LogP contribution >= 0.6 is 0 Å². The molecule has 1 aliphatic rings. The van der Waals surface area contributed by atoms with Crippen molar-refractivity contribution in [2.75, 3.05) is 18.5 Å². The highest BCUT2D eigenvalue weighted by molar-refractivity contribution is 6.13. The SMILES string of the molecule is O=CNc1cc2c(cc1C(=O)c1ccccc1)OCCO2. The molecular formula is C16H13NO4. The molecule has 0 aromatic heterocycles. The van der Waals surface area contributed by atoms with Gasteiger partial charge in [-0.2, -0.15) is 0 Å². The van der Waals surface area contributed by atoms with Gasteiger partial charge in [0.1, 0.15) is 13.2 Å². The lowest BCUT2D eigenvalue weighted by Gasteiger charge is -2.20. The van der Waals surface area contributed by atoms with Gasteiger partial charge in [-0.15, -0.1) is 0 Å². The molecule has 21 heavy (non-hydrogen) atoms. The van der Waals surface area contributed by atoms with E-state index in [1.807, 2.05) is 6.07 Å². The van der Waals surface area contributed by atoms with Crippen molar-refractivity contribution in [1.29, 1.82) is 0 Å². The van der Waals surface area contributed by atoms with E-state index in [4.69, 9.17) is 9.47 Å². The van der Waals surface area contributed by atoms with Gasteiger partial charge in [-0.3, -0.25) is 9.59 Å². The molecule has 0 fully saturated rings. The highest BCUT2D eigenvalue weighted by Crippen LogP contribution is 2.36. The molecule has 0 saturated heterocycles. The molecule has 0 radical (unpaired) electrons. The summed E-state index contributed by atoms with van der Waals surface area (Å²) in [5, 5.41) is 2.54. The van der Waals surface area contributed by atoms with Crippen molar-refractivity contribution >= 4 is 17.9 Å². The summed E-state index contributed by atoms with van der Waals surface area (Å²) in [5.41, 5.74) is 1.32. The van der Waals surface area contributed by atoms with E-state index >= 15 is 0 Å². The number of hydrogen-bond donors (Lipinski definition) is 1. The van der Waals surface area contributed by atoms with Crippen LogP contribution in [0, 0.1) is 0 Å². The number of fused-ring (bicyclic) bond motifs is 1. The molecule has 5 nitrogen and oxygen atoms in total. The number of carbonyl (C=O) groups excluding carboxylic acids is 2. The molecule has 3 rings (SSSR count). The minimum absolute atomic E-state index is 0.183. The Morgan fingerprint density at radius 2 is 1.71 bits per heavy atom. The number of carbonyl (C=O) groups is 2. The maximum absolute atomic E-state index is 12.6. The molecule has 0 spiro atoms. The van der Waals surface area contributed by atoms with Crippen molar-refractivity contribution in [2.24, 2.45) is 0 Å². The monoisotopic (exact) mass is 283 g/mol. The fourth-order valence-corrected chi connectivity index (χ4v) is 2.20. The molecule has 5 heteroatoms. The molecule has 0 saturated carbocycles. The van der Waals surface area contributed by atoms with Crippen LogP contribution in [0.25, 0.3) is 0 Å². The van der Waals surface area contributed by atoms with E-state index in [9.17, 15) is 9.59 Å². The van der Waals surface area contributed by atoms with Gasteiger partial charge in [0.2, 0.25) is 6.41 Å². The zero-order valence-electron chi connectivity index (χ0n) is 11.2. The molecule has 1 amide bonds. The molecule has 1 heterocycles. The van der Waals surface area contributed by atoms with Gasteiger partial charge in [0.25, 0.3) is 0 Å². The standard InChI is InChI=1S/C16H13NO4/c18-10-17-13-9-15-14(20-6-7-21-15)8-12(13)16(19)11-4-2-1-3-5-11/h1-5,8-10H,6-7H2,(H,17,18). The average Bonchev–Trinajstić information content (AvgIpc) is 2.55. The van der Waals surface area contributed by atoms with Gasteiger partial charge in [-0.25, -0.2) is 0 Å². The van der Waals surface area contributed by atoms with Crippen LogP contribution in [0.2, 0.25) is 0 Å². The minimum Gasteiger partial charge on any atom is -0.486 e. The van der Waals surface area contributed by atoms with Gasteiger partial charge in [0.05, 0.1) is 11.3 Å². The zero-order chi connectivity index (χ0) is 14.7. The number of anilines is 1. The summed E-state index contributed by atoms with van der Waals surface area (Å²) < 4.78 is 10.9. The summed E-state index contributed by atoms with van der Waals surface area (Å²) in [6.45, 7) is 0.881. The second-order valence-corrected chi connectivity index (χ2v) is 4.50. The number of hydrogen-bond acceptors (Lipinski definition) is 4. The number of ketones is 1. The summed E-state index contributed by atoms with van der Waals surface area (Å²) in [6.07, 6.45) is 0.535. The van der Waals surface area contributed by atoms with Crippen LogP contribution in [0.4, 0.5) is 5.69 Å². The Balaban J connectivity index is 2.07. The third-order valence-corrected chi connectivity index (χ3v) is 3.18. The largest absolute Gasteiger partial charge is 0.486 e. The predicted octanol–water partition coefficient (Wildman–Crippen LogP) is 2.26. The van der Waals surface area contributed by atoms with Crippen molar-refractivity contribution in [1.82, 2.24) is 0 Å². The number of ether oxygens (including phenoxy) is 2. The normalized spacial score (nSPS) is 12.6. The second kappa shape index (κ2) is 5.66. The number of rotatable bonds is 4. The quantitative estimate of drug-likeness (QED) is 0.690. The first-order valence-electron chi connectivity index (χ1n) is 6.53. The minimum atomic E-state index is -0.183. The van der Waals surface area contributed by atoms with Gasteiger partial charge in [0.15, 0.2) is 17.3 Å². The molecule has 0 unspecified atom stereocenters. The molecular weight excluding hydrogens is 270 g/mol. The molecule has 0 atom stereocenters. The van der Waals surface area contributed by atoms with E-state index in [-0.39, 0.29) is 5.78 Å². The zero-order valence-corrected chi connectivity index (χ0v) is 11.2. The fraction of sp³-hybridized carbons (Fsp3) is 0.125. The predicted molar refractivity (Wildman–Crippen MR) is 77.0 cm³/mol. The van der Waals surface area contributed by atoms with Crippen LogP contribution in [-0.2, 0) is 4.79 Å². The summed E-state index contributed by atoms with van der Waals surface area (Å²) >= 11 is 0.